The number of hydrogen-bond acceptors (Lipinski definition) is 3. The van der Waals surface area contributed by atoms with Crippen molar-refractivity contribution in [1.82, 2.24) is 15.5 Å². The number of carbonyl (C=O) groups is 2. The van der Waals surface area contributed by atoms with Gasteiger partial charge in [-0.3, -0.25) is 4.79 Å². The number of morpholine rings is 1. The Labute approximate surface area is 143 Å². The monoisotopic (exact) mass is 333 g/mol. The highest BCUT2D eigenvalue weighted by atomic mass is 16.5. The molecule has 2 unspecified atom stereocenters. The highest BCUT2D eigenvalue weighted by molar-refractivity contribution is 5.78. The van der Waals surface area contributed by atoms with Crippen LogP contribution >= 0.6 is 0 Å². The molecule has 0 aliphatic carbocycles. The van der Waals surface area contributed by atoms with Gasteiger partial charge in [0, 0.05) is 26.1 Å². The Kier molecular flexibility index (Phi) is 7.06. The van der Waals surface area contributed by atoms with Gasteiger partial charge in [0.2, 0.25) is 5.91 Å². The second kappa shape index (κ2) is 9.27. The number of hydrogen-bond donors (Lipinski definition) is 2. The summed E-state index contributed by atoms with van der Waals surface area (Å²) in [6.45, 7) is 6.06. The van der Waals surface area contributed by atoms with Crippen molar-refractivity contribution in [1.29, 1.82) is 0 Å². The fourth-order valence-corrected chi connectivity index (χ4v) is 2.72. The van der Waals surface area contributed by atoms with Crippen molar-refractivity contribution in [2.45, 2.75) is 38.9 Å². The minimum absolute atomic E-state index is 0.0254. The lowest BCUT2D eigenvalue weighted by molar-refractivity contribution is -0.120. The lowest BCUT2D eigenvalue weighted by Gasteiger charge is -2.37. The first kappa shape index (κ1) is 18.3. The first-order chi connectivity index (χ1) is 11.6. The number of ether oxygens (including phenoxy) is 1. The van der Waals surface area contributed by atoms with Crippen molar-refractivity contribution in [2.24, 2.45) is 0 Å². The molecule has 0 aromatic heterocycles. The van der Waals surface area contributed by atoms with E-state index in [9.17, 15) is 9.59 Å². The Morgan fingerprint density at radius 3 is 2.62 bits per heavy atom. The van der Waals surface area contributed by atoms with Gasteiger partial charge >= 0.3 is 6.03 Å². The van der Waals surface area contributed by atoms with Gasteiger partial charge in [0.05, 0.1) is 12.6 Å². The Bertz CT molecular complexity index is 536. The summed E-state index contributed by atoms with van der Waals surface area (Å²) in [7, 11) is 0. The van der Waals surface area contributed by atoms with E-state index in [4.69, 9.17) is 4.74 Å². The van der Waals surface area contributed by atoms with Crippen LogP contribution in [0.5, 0.6) is 0 Å². The van der Waals surface area contributed by atoms with Gasteiger partial charge in [-0.25, -0.2) is 4.79 Å². The zero-order valence-corrected chi connectivity index (χ0v) is 14.5. The van der Waals surface area contributed by atoms with Gasteiger partial charge in [-0.05, 0) is 18.9 Å². The van der Waals surface area contributed by atoms with Crippen molar-refractivity contribution in [3.05, 3.63) is 35.9 Å². The molecule has 1 saturated heterocycles. The quantitative estimate of drug-likeness (QED) is 0.837. The molecule has 0 bridgehead atoms. The van der Waals surface area contributed by atoms with E-state index >= 15 is 0 Å². The Balaban J connectivity index is 1.82. The number of benzene rings is 1. The summed E-state index contributed by atoms with van der Waals surface area (Å²) in [5, 5.41) is 5.62. The number of urea groups is 1. The third-order valence-corrected chi connectivity index (χ3v) is 3.92. The van der Waals surface area contributed by atoms with Crippen LogP contribution in [-0.4, -0.2) is 49.1 Å². The third kappa shape index (κ3) is 5.53. The molecule has 24 heavy (non-hydrogen) atoms. The molecule has 0 saturated carbocycles. The number of rotatable bonds is 6. The molecule has 6 nitrogen and oxygen atoms in total. The molecule has 1 aromatic carbocycles. The van der Waals surface area contributed by atoms with Crippen molar-refractivity contribution in [3.63, 3.8) is 0 Å². The predicted octanol–water partition coefficient (Wildman–Crippen LogP) is 2.07. The molecule has 2 atom stereocenters. The van der Waals surface area contributed by atoms with E-state index in [1.807, 2.05) is 44.2 Å². The maximum Gasteiger partial charge on any atom is 0.317 e. The van der Waals surface area contributed by atoms with Gasteiger partial charge in [0.25, 0.3) is 0 Å². The molecule has 6 heteroatoms. The third-order valence-electron chi connectivity index (χ3n) is 3.92. The van der Waals surface area contributed by atoms with E-state index < -0.39 is 0 Å². The minimum atomic E-state index is -0.144. The first-order valence-corrected chi connectivity index (χ1v) is 8.60. The van der Waals surface area contributed by atoms with E-state index in [0.717, 1.165) is 12.0 Å². The average molecular weight is 333 g/mol. The van der Waals surface area contributed by atoms with E-state index in [1.165, 1.54) is 0 Å². The molecular weight excluding hydrogens is 306 g/mol. The molecule has 132 valence electrons. The summed E-state index contributed by atoms with van der Waals surface area (Å²) in [6, 6.07) is 9.78. The normalized spacial score (nSPS) is 20.5. The number of nitrogens with one attached hydrogen (secondary N) is 2. The summed E-state index contributed by atoms with van der Waals surface area (Å²) in [5.74, 6) is -0.0327. The van der Waals surface area contributed by atoms with Gasteiger partial charge in [-0.1, -0.05) is 37.3 Å². The van der Waals surface area contributed by atoms with Crippen LogP contribution in [0.3, 0.4) is 0 Å². The fraction of sp³-hybridized carbons (Fsp3) is 0.556. The maximum atomic E-state index is 12.3. The van der Waals surface area contributed by atoms with Crippen LogP contribution in [-0.2, 0) is 9.53 Å². The second-order valence-electron chi connectivity index (χ2n) is 6.08. The molecule has 2 rings (SSSR count). The summed E-state index contributed by atoms with van der Waals surface area (Å²) in [5.41, 5.74) is 1.07. The summed E-state index contributed by atoms with van der Waals surface area (Å²) in [4.78, 5) is 25.7. The number of carbonyl (C=O) groups excluding carboxylic acids is 2. The van der Waals surface area contributed by atoms with Gasteiger partial charge in [0.1, 0.15) is 6.10 Å². The Hall–Kier alpha value is -2.08. The smallest absolute Gasteiger partial charge is 0.317 e. The molecule has 1 fully saturated rings. The first-order valence-electron chi connectivity index (χ1n) is 8.60. The van der Waals surface area contributed by atoms with Gasteiger partial charge < -0.3 is 20.3 Å². The molecule has 2 N–H and O–H groups in total. The van der Waals surface area contributed by atoms with Crippen LogP contribution in [0.2, 0.25) is 0 Å². The summed E-state index contributed by atoms with van der Waals surface area (Å²) >= 11 is 0. The van der Waals surface area contributed by atoms with Crippen molar-refractivity contribution < 1.29 is 14.3 Å². The molecule has 0 radical (unpaired) electrons. The molecule has 1 heterocycles. The van der Waals surface area contributed by atoms with Gasteiger partial charge in [-0.15, -0.1) is 0 Å². The zero-order chi connectivity index (χ0) is 17.4. The summed E-state index contributed by atoms with van der Waals surface area (Å²) in [6.07, 6.45) is 1.06. The SMILES string of the molecule is CCCNC(=O)CCNC(=O)N1CC(C)OC(c2ccccc2)C1. The molecule has 1 aromatic rings. The number of nitrogens with zero attached hydrogens (tertiary/aromatic N) is 1. The number of amides is 3. The van der Waals surface area contributed by atoms with Gasteiger partial charge in [-0.2, -0.15) is 0 Å². The zero-order valence-electron chi connectivity index (χ0n) is 14.5. The lowest BCUT2D eigenvalue weighted by atomic mass is 10.1. The van der Waals surface area contributed by atoms with Crippen molar-refractivity contribution in [2.75, 3.05) is 26.2 Å². The molecular formula is C18H27N3O3. The van der Waals surface area contributed by atoms with Crippen molar-refractivity contribution >= 4 is 11.9 Å². The highest BCUT2D eigenvalue weighted by Crippen LogP contribution is 2.24. The van der Waals surface area contributed by atoms with Crippen LogP contribution in [0.4, 0.5) is 4.79 Å². The van der Waals surface area contributed by atoms with Crippen LogP contribution in [0.1, 0.15) is 38.4 Å². The lowest BCUT2D eigenvalue weighted by Crippen LogP contribution is -2.50. The van der Waals surface area contributed by atoms with E-state index in [2.05, 4.69) is 10.6 Å². The molecule has 1 aliphatic rings. The summed E-state index contributed by atoms with van der Waals surface area (Å²) < 4.78 is 5.95. The van der Waals surface area contributed by atoms with E-state index in [1.54, 1.807) is 4.90 Å². The standard InChI is InChI=1S/C18H27N3O3/c1-3-10-19-17(22)9-11-20-18(23)21-12-14(2)24-16(13-21)15-7-5-4-6-8-15/h4-8,14,16H,3,9-13H2,1-2H3,(H,19,22)(H,20,23). The Morgan fingerprint density at radius 2 is 1.92 bits per heavy atom. The van der Waals surface area contributed by atoms with Crippen LogP contribution in [0, 0.1) is 0 Å². The van der Waals surface area contributed by atoms with Crippen molar-refractivity contribution in [3.8, 4) is 0 Å². The average Bonchev–Trinajstić information content (AvgIpc) is 2.60. The maximum absolute atomic E-state index is 12.3. The fourth-order valence-electron chi connectivity index (χ4n) is 2.72. The van der Waals surface area contributed by atoms with Crippen LogP contribution < -0.4 is 10.6 Å². The Morgan fingerprint density at radius 1 is 1.17 bits per heavy atom. The molecule has 0 spiro atoms. The topological polar surface area (TPSA) is 70.7 Å². The predicted molar refractivity (Wildman–Crippen MR) is 92.6 cm³/mol. The largest absolute Gasteiger partial charge is 0.367 e. The van der Waals surface area contributed by atoms with Gasteiger partial charge in [0.15, 0.2) is 0 Å². The molecule has 3 amide bonds. The second-order valence-corrected chi connectivity index (χ2v) is 6.08. The highest BCUT2D eigenvalue weighted by Gasteiger charge is 2.29. The minimum Gasteiger partial charge on any atom is -0.367 e. The van der Waals surface area contributed by atoms with E-state index in [-0.39, 0.29) is 24.1 Å². The molecule has 1 aliphatic heterocycles. The van der Waals surface area contributed by atoms with Crippen LogP contribution in [0.25, 0.3) is 0 Å². The van der Waals surface area contributed by atoms with E-state index in [0.29, 0.717) is 32.6 Å². The van der Waals surface area contributed by atoms with Crippen LogP contribution in [0.15, 0.2) is 30.3 Å².